The molecule has 0 aliphatic rings. The fourth-order valence-corrected chi connectivity index (χ4v) is 2.27. The van der Waals surface area contributed by atoms with Crippen molar-refractivity contribution in [2.75, 3.05) is 5.73 Å². The lowest BCUT2D eigenvalue weighted by Crippen LogP contribution is -1.85. The Balaban J connectivity index is 2.20. The van der Waals surface area contributed by atoms with E-state index in [9.17, 15) is 0 Å². The van der Waals surface area contributed by atoms with E-state index in [-0.39, 0.29) is 0 Å². The van der Waals surface area contributed by atoms with Gasteiger partial charge in [0.05, 0.1) is 0 Å². The molecule has 5 nitrogen and oxygen atoms in total. The Hall–Kier alpha value is -1.82. The van der Waals surface area contributed by atoms with Crippen LogP contribution in [0, 0.1) is 6.92 Å². The summed E-state index contributed by atoms with van der Waals surface area (Å²) in [4.78, 5) is 11.4. The van der Waals surface area contributed by atoms with E-state index in [1.54, 1.807) is 0 Å². The topological polar surface area (TPSA) is 80.7 Å². The molecule has 3 N–H and O–H groups in total. The average Bonchev–Trinajstić information content (AvgIpc) is 2.78. The zero-order valence-corrected chi connectivity index (χ0v) is 10.6. The summed E-state index contributed by atoms with van der Waals surface area (Å²) >= 11 is 3.38. The number of halogens is 1. The molecule has 0 fully saturated rings. The van der Waals surface area contributed by atoms with Crippen LogP contribution in [-0.4, -0.2) is 15.0 Å². The van der Waals surface area contributed by atoms with E-state index < -0.39 is 0 Å². The number of hydrogen-bond donors (Lipinski definition) is 2. The minimum atomic E-state index is 0.378. The first-order valence-corrected chi connectivity index (χ1v) is 5.81. The van der Waals surface area contributed by atoms with Crippen molar-refractivity contribution in [2.45, 2.75) is 6.92 Å². The molecule has 0 unspecified atom stereocenters. The second-order valence-corrected chi connectivity index (χ2v) is 4.49. The van der Waals surface area contributed by atoms with Gasteiger partial charge in [-0.3, -0.25) is 0 Å². The number of nitrogens with zero attached hydrogens (tertiary/aromatic N) is 2. The number of rotatable bonds is 1. The van der Waals surface area contributed by atoms with Gasteiger partial charge >= 0.3 is 0 Å². The number of aromatic amines is 1. The quantitative estimate of drug-likeness (QED) is 0.723. The first-order chi connectivity index (χ1) is 8.13. The molecular formula is C11H9BrN4O. The zero-order valence-electron chi connectivity index (χ0n) is 8.99. The van der Waals surface area contributed by atoms with Crippen LogP contribution in [0.15, 0.2) is 27.2 Å². The number of nitrogens with two attached hydrogens (primary N) is 1. The Kier molecular flexibility index (Phi) is 2.19. The lowest BCUT2D eigenvalue weighted by Gasteiger charge is -1.96. The van der Waals surface area contributed by atoms with Gasteiger partial charge in [-0.05, 0) is 34.1 Å². The summed E-state index contributed by atoms with van der Waals surface area (Å²) in [5.74, 6) is 1.03. The molecular weight excluding hydrogens is 284 g/mol. The first-order valence-electron chi connectivity index (χ1n) is 5.02. The smallest absolute Gasteiger partial charge is 0.198 e. The largest absolute Gasteiger partial charge is 0.441 e. The van der Waals surface area contributed by atoms with E-state index in [1.165, 1.54) is 0 Å². The zero-order chi connectivity index (χ0) is 12.0. The minimum Gasteiger partial charge on any atom is -0.441 e. The summed E-state index contributed by atoms with van der Waals surface area (Å²) in [5.41, 5.74) is 8.89. The number of fused-ring (bicyclic) bond motifs is 1. The third-order valence-electron chi connectivity index (χ3n) is 2.45. The van der Waals surface area contributed by atoms with Gasteiger partial charge in [0.25, 0.3) is 0 Å². The number of H-pyrrole nitrogens is 1. The normalized spacial score (nSPS) is 11.2. The molecule has 17 heavy (non-hydrogen) atoms. The number of oxazole rings is 1. The van der Waals surface area contributed by atoms with Crippen LogP contribution < -0.4 is 5.73 Å². The van der Waals surface area contributed by atoms with Crippen molar-refractivity contribution in [3.63, 3.8) is 0 Å². The fraction of sp³-hybridized carbons (Fsp3) is 0.0909. The number of nitrogen functional groups attached to an aromatic ring is 1. The molecule has 0 amide bonds. The molecule has 2 aromatic heterocycles. The summed E-state index contributed by atoms with van der Waals surface area (Å²) in [6.45, 7) is 1.82. The summed E-state index contributed by atoms with van der Waals surface area (Å²) < 4.78 is 6.18. The number of benzene rings is 1. The Morgan fingerprint density at radius 1 is 1.35 bits per heavy atom. The highest BCUT2D eigenvalue weighted by atomic mass is 79.9. The Labute approximate surface area is 105 Å². The number of imidazole rings is 1. The van der Waals surface area contributed by atoms with Gasteiger partial charge in [-0.2, -0.15) is 0 Å². The van der Waals surface area contributed by atoms with Crippen LogP contribution in [0.5, 0.6) is 0 Å². The molecule has 3 aromatic rings. The number of nitrogens with one attached hydrogen (secondary N) is 1. The van der Waals surface area contributed by atoms with E-state index in [4.69, 9.17) is 10.2 Å². The Bertz CT molecular complexity index is 701. The third kappa shape index (κ3) is 1.70. The molecule has 0 aliphatic heterocycles. The van der Waals surface area contributed by atoms with Crippen LogP contribution in [0.2, 0.25) is 0 Å². The van der Waals surface area contributed by atoms with Crippen molar-refractivity contribution >= 4 is 33.0 Å². The molecule has 0 radical (unpaired) electrons. The predicted octanol–water partition coefficient (Wildman–Crippen LogP) is 2.87. The predicted molar refractivity (Wildman–Crippen MR) is 68.4 cm³/mol. The van der Waals surface area contributed by atoms with Crippen molar-refractivity contribution in [1.29, 1.82) is 0 Å². The lowest BCUT2D eigenvalue weighted by molar-refractivity contribution is 0.561. The number of aryl methyl sites for hydroxylation is 1. The van der Waals surface area contributed by atoms with E-state index in [2.05, 4.69) is 30.9 Å². The molecule has 0 bridgehead atoms. The molecule has 86 valence electrons. The Morgan fingerprint density at radius 2 is 2.18 bits per heavy atom. The van der Waals surface area contributed by atoms with Crippen molar-refractivity contribution < 1.29 is 4.42 Å². The lowest BCUT2D eigenvalue weighted by atomic mass is 10.1. The molecule has 0 saturated heterocycles. The highest BCUT2D eigenvalue weighted by molar-refractivity contribution is 9.10. The monoisotopic (exact) mass is 292 g/mol. The second kappa shape index (κ2) is 3.59. The van der Waals surface area contributed by atoms with Crippen molar-refractivity contribution in [1.82, 2.24) is 15.0 Å². The van der Waals surface area contributed by atoms with Crippen molar-refractivity contribution in [2.24, 2.45) is 0 Å². The van der Waals surface area contributed by atoms with Gasteiger partial charge in [-0.15, -0.1) is 0 Å². The van der Waals surface area contributed by atoms with Crippen molar-refractivity contribution in [3.8, 4) is 11.3 Å². The molecule has 0 atom stereocenters. The van der Waals surface area contributed by atoms with Crippen molar-refractivity contribution in [3.05, 3.63) is 28.7 Å². The van der Waals surface area contributed by atoms with Gasteiger partial charge in [0.15, 0.2) is 17.4 Å². The molecule has 3 rings (SSSR count). The fourth-order valence-electron chi connectivity index (χ4n) is 1.75. The maximum Gasteiger partial charge on any atom is 0.198 e. The van der Waals surface area contributed by atoms with E-state index >= 15 is 0 Å². The van der Waals surface area contributed by atoms with Gasteiger partial charge in [0, 0.05) is 12.5 Å². The summed E-state index contributed by atoms with van der Waals surface area (Å²) in [6, 6.07) is 5.72. The van der Waals surface area contributed by atoms with E-state index in [0.29, 0.717) is 11.8 Å². The second-order valence-electron chi connectivity index (χ2n) is 3.70. The minimum absolute atomic E-state index is 0.378. The molecule has 6 heteroatoms. The van der Waals surface area contributed by atoms with E-state index in [1.807, 2.05) is 25.1 Å². The first kappa shape index (κ1) is 10.3. The Morgan fingerprint density at radius 3 is 2.88 bits per heavy atom. The number of anilines is 1. The van der Waals surface area contributed by atoms with Gasteiger partial charge in [0.1, 0.15) is 15.8 Å². The van der Waals surface area contributed by atoms with Gasteiger partial charge in [-0.1, -0.05) is 0 Å². The average molecular weight is 293 g/mol. The van der Waals surface area contributed by atoms with Crippen LogP contribution in [0.4, 0.5) is 5.95 Å². The highest BCUT2D eigenvalue weighted by Gasteiger charge is 2.11. The molecule has 2 heterocycles. The molecule has 0 aliphatic carbocycles. The van der Waals surface area contributed by atoms with Crippen LogP contribution in [0.3, 0.4) is 0 Å². The number of aromatic nitrogens is 3. The van der Waals surface area contributed by atoms with Crippen LogP contribution in [0.1, 0.15) is 5.89 Å². The van der Waals surface area contributed by atoms with Crippen LogP contribution >= 0.6 is 15.9 Å². The highest BCUT2D eigenvalue weighted by Crippen LogP contribution is 2.29. The molecule has 1 aromatic carbocycles. The van der Waals surface area contributed by atoms with Crippen LogP contribution in [0.25, 0.3) is 22.4 Å². The van der Waals surface area contributed by atoms with E-state index in [0.717, 1.165) is 27.0 Å². The van der Waals surface area contributed by atoms with Gasteiger partial charge < -0.3 is 15.1 Å². The summed E-state index contributed by atoms with van der Waals surface area (Å²) in [6.07, 6.45) is 0. The summed E-state index contributed by atoms with van der Waals surface area (Å²) in [7, 11) is 0. The van der Waals surface area contributed by atoms with Gasteiger partial charge in [0.2, 0.25) is 0 Å². The third-order valence-corrected chi connectivity index (χ3v) is 3.02. The maximum absolute atomic E-state index is 5.60. The van der Waals surface area contributed by atoms with Crippen LogP contribution in [-0.2, 0) is 0 Å². The summed E-state index contributed by atoms with van der Waals surface area (Å²) in [5, 5.41) is 0. The standard InChI is InChI=1S/C11H9BrN4O/c1-5-14-7-4-6(2-3-8(7)17-5)9-10(12)16-11(13)15-9/h2-4H,1H3,(H3,13,15,16). The SMILES string of the molecule is Cc1nc2cc(-c3nc(N)[nH]c3Br)ccc2o1. The molecule has 0 saturated carbocycles. The number of hydrogen-bond acceptors (Lipinski definition) is 4. The van der Waals surface area contributed by atoms with Gasteiger partial charge in [-0.25, -0.2) is 9.97 Å². The molecule has 0 spiro atoms. The maximum atomic E-state index is 5.60.